The summed E-state index contributed by atoms with van der Waals surface area (Å²) in [6, 6.07) is 11.9. The van der Waals surface area contributed by atoms with E-state index in [2.05, 4.69) is 0 Å². The van der Waals surface area contributed by atoms with Crippen LogP contribution in [-0.4, -0.2) is 12.2 Å². The summed E-state index contributed by atoms with van der Waals surface area (Å²) in [6.45, 7) is 3.97. The quantitative estimate of drug-likeness (QED) is 0.899. The average molecular weight is 259 g/mol. The van der Waals surface area contributed by atoms with Crippen molar-refractivity contribution in [2.45, 2.75) is 19.9 Å². The molecule has 2 nitrogen and oxygen atoms in total. The van der Waals surface area contributed by atoms with Crippen molar-refractivity contribution < 1.29 is 9.50 Å². The lowest BCUT2D eigenvalue weighted by Gasteiger charge is -2.28. The molecule has 1 atom stereocenters. The van der Waals surface area contributed by atoms with Gasteiger partial charge in [-0.2, -0.15) is 0 Å². The van der Waals surface area contributed by atoms with E-state index in [0.29, 0.717) is 0 Å². The Balaban J connectivity index is 2.33. The van der Waals surface area contributed by atoms with Crippen molar-refractivity contribution in [3.63, 3.8) is 0 Å². The van der Waals surface area contributed by atoms with Gasteiger partial charge < -0.3 is 10.0 Å². The number of halogens is 1. The Bertz CT molecular complexity index is 583. The molecule has 19 heavy (non-hydrogen) atoms. The summed E-state index contributed by atoms with van der Waals surface area (Å²) in [5, 5.41) is 9.96. The zero-order chi connectivity index (χ0) is 14.0. The highest BCUT2D eigenvalue weighted by molar-refractivity contribution is 5.50. The van der Waals surface area contributed by atoms with Gasteiger partial charge in [0.1, 0.15) is 11.6 Å². The van der Waals surface area contributed by atoms with Crippen LogP contribution in [0.2, 0.25) is 0 Å². The van der Waals surface area contributed by atoms with E-state index >= 15 is 0 Å². The maximum atomic E-state index is 13.3. The van der Waals surface area contributed by atoms with Gasteiger partial charge in [0.2, 0.25) is 0 Å². The summed E-state index contributed by atoms with van der Waals surface area (Å²) < 4.78 is 13.3. The Morgan fingerprint density at radius 2 is 1.89 bits per heavy atom. The van der Waals surface area contributed by atoms with Gasteiger partial charge in [0.15, 0.2) is 0 Å². The van der Waals surface area contributed by atoms with Gasteiger partial charge in [-0.05, 0) is 38.1 Å². The zero-order valence-corrected chi connectivity index (χ0v) is 11.4. The first-order valence-electron chi connectivity index (χ1n) is 6.27. The van der Waals surface area contributed by atoms with Crippen LogP contribution in [0.15, 0.2) is 42.5 Å². The number of anilines is 1. The van der Waals surface area contributed by atoms with Crippen LogP contribution < -0.4 is 4.90 Å². The fourth-order valence-electron chi connectivity index (χ4n) is 2.14. The summed E-state index contributed by atoms with van der Waals surface area (Å²) in [6.07, 6.45) is 0. The fourth-order valence-corrected chi connectivity index (χ4v) is 2.14. The van der Waals surface area contributed by atoms with Crippen molar-refractivity contribution in [2.75, 3.05) is 11.9 Å². The number of phenolic OH excluding ortho intramolecular Hbond substituents is 1. The van der Waals surface area contributed by atoms with Gasteiger partial charge in [0.25, 0.3) is 0 Å². The van der Waals surface area contributed by atoms with Crippen molar-refractivity contribution >= 4 is 5.69 Å². The molecule has 0 heterocycles. The maximum absolute atomic E-state index is 13.3. The number of aryl methyl sites for hydroxylation is 1. The number of benzene rings is 2. The highest BCUT2D eigenvalue weighted by atomic mass is 19.1. The van der Waals surface area contributed by atoms with Gasteiger partial charge in [-0.25, -0.2) is 4.39 Å². The Hall–Kier alpha value is -2.03. The molecule has 0 radical (unpaired) electrons. The third kappa shape index (κ3) is 2.87. The van der Waals surface area contributed by atoms with Gasteiger partial charge in [0.05, 0.1) is 6.04 Å². The molecule has 100 valence electrons. The van der Waals surface area contributed by atoms with Crippen LogP contribution in [0.25, 0.3) is 0 Å². The molecule has 3 heteroatoms. The maximum Gasteiger partial charge on any atom is 0.125 e. The molecule has 2 aromatic rings. The molecule has 0 aliphatic heterocycles. The zero-order valence-electron chi connectivity index (χ0n) is 11.4. The van der Waals surface area contributed by atoms with Gasteiger partial charge in [-0.3, -0.25) is 0 Å². The Labute approximate surface area is 113 Å². The molecule has 0 aromatic heterocycles. The fraction of sp³-hybridized carbons (Fsp3) is 0.250. The van der Waals surface area contributed by atoms with Crippen LogP contribution >= 0.6 is 0 Å². The molecule has 2 aromatic carbocycles. The third-order valence-corrected chi connectivity index (χ3v) is 3.43. The van der Waals surface area contributed by atoms with Crippen LogP contribution in [-0.2, 0) is 0 Å². The second kappa shape index (κ2) is 5.31. The lowest BCUT2D eigenvalue weighted by atomic mass is 10.0. The van der Waals surface area contributed by atoms with E-state index in [4.69, 9.17) is 0 Å². The standard InChI is InChI=1S/C16H18FNO/c1-11-7-8-16(19)15(9-11)12(2)18(3)14-6-4-5-13(17)10-14/h4-10,12,19H,1-3H3. The van der Waals surface area contributed by atoms with Gasteiger partial charge in [0, 0.05) is 18.3 Å². The SMILES string of the molecule is Cc1ccc(O)c(C(C)N(C)c2cccc(F)c2)c1. The van der Waals surface area contributed by atoms with Crippen LogP contribution in [0.4, 0.5) is 10.1 Å². The van der Waals surface area contributed by atoms with Crippen LogP contribution in [0.5, 0.6) is 5.75 Å². The van der Waals surface area contributed by atoms with Gasteiger partial charge in [-0.1, -0.05) is 23.8 Å². The van der Waals surface area contributed by atoms with E-state index in [1.165, 1.54) is 12.1 Å². The van der Waals surface area contributed by atoms with Crippen LogP contribution in [0.1, 0.15) is 24.1 Å². The van der Waals surface area contributed by atoms with E-state index in [1.54, 1.807) is 12.1 Å². The molecule has 0 amide bonds. The number of rotatable bonds is 3. The minimum Gasteiger partial charge on any atom is -0.508 e. The average Bonchev–Trinajstić information content (AvgIpc) is 2.40. The Kier molecular flexibility index (Phi) is 3.74. The smallest absolute Gasteiger partial charge is 0.125 e. The molecule has 0 saturated carbocycles. The molecule has 0 saturated heterocycles. The second-order valence-electron chi connectivity index (χ2n) is 4.83. The molecule has 1 unspecified atom stereocenters. The van der Waals surface area contributed by atoms with E-state index < -0.39 is 0 Å². The lowest BCUT2D eigenvalue weighted by Crippen LogP contribution is -2.21. The Morgan fingerprint density at radius 3 is 2.58 bits per heavy atom. The van der Waals surface area contributed by atoms with Gasteiger partial charge >= 0.3 is 0 Å². The van der Waals surface area contributed by atoms with Crippen molar-refractivity contribution in [1.82, 2.24) is 0 Å². The molecule has 0 aliphatic rings. The summed E-state index contributed by atoms with van der Waals surface area (Å²) in [5.41, 5.74) is 2.72. The minimum absolute atomic E-state index is 0.0401. The van der Waals surface area contributed by atoms with E-state index in [9.17, 15) is 9.50 Å². The highest BCUT2D eigenvalue weighted by Crippen LogP contribution is 2.31. The molecule has 1 N–H and O–H groups in total. The number of hydrogen-bond donors (Lipinski definition) is 1. The third-order valence-electron chi connectivity index (χ3n) is 3.43. The summed E-state index contributed by atoms with van der Waals surface area (Å²) in [7, 11) is 1.89. The van der Waals surface area contributed by atoms with E-state index in [0.717, 1.165) is 16.8 Å². The molecule has 0 fully saturated rings. The number of nitrogens with zero attached hydrogens (tertiary/aromatic N) is 1. The van der Waals surface area contributed by atoms with Crippen LogP contribution in [0, 0.1) is 12.7 Å². The first kappa shape index (κ1) is 13.4. The number of hydrogen-bond acceptors (Lipinski definition) is 2. The van der Waals surface area contributed by atoms with E-state index in [1.807, 2.05) is 44.0 Å². The molecular weight excluding hydrogens is 241 g/mol. The molecular formula is C16H18FNO. The van der Waals surface area contributed by atoms with Crippen molar-refractivity contribution in [3.05, 3.63) is 59.4 Å². The predicted octanol–water partition coefficient (Wildman–Crippen LogP) is 4.04. The predicted molar refractivity (Wildman–Crippen MR) is 76.1 cm³/mol. The van der Waals surface area contributed by atoms with Crippen LogP contribution in [0.3, 0.4) is 0 Å². The van der Waals surface area contributed by atoms with Gasteiger partial charge in [-0.15, -0.1) is 0 Å². The second-order valence-corrected chi connectivity index (χ2v) is 4.83. The molecule has 0 bridgehead atoms. The van der Waals surface area contributed by atoms with Crippen molar-refractivity contribution in [2.24, 2.45) is 0 Å². The minimum atomic E-state index is -0.259. The molecule has 0 aliphatic carbocycles. The molecule has 0 spiro atoms. The summed E-state index contributed by atoms with van der Waals surface area (Å²) >= 11 is 0. The highest BCUT2D eigenvalue weighted by Gasteiger charge is 2.16. The summed E-state index contributed by atoms with van der Waals surface area (Å²) in [5.74, 6) is 0.00590. The Morgan fingerprint density at radius 1 is 1.16 bits per heavy atom. The number of aromatic hydroxyl groups is 1. The largest absolute Gasteiger partial charge is 0.508 e. The molecule has 2 rings (SSSR count). The lowest BCUT2D eigenvalue weighted by molar-refractivity contribution is 0.462. The number of phenols is 1. The topological polar surface area (TPSA) is 23.5 Å². The monoisotopic (exact) mass is 259 g/mol. The van der Waals surface area contributed by atoms with Crippen molar-refractivity contribution in [1.29, 1.82) is 0 Å². The van der Waals surface area contributed by atoms with E-state index in [-0.39, 0.29) is 17.6 Å². The first-order valence-corrected chi connectivity index (χ1v) is 6.27. The summed E-state index contributed by atoms with van der Waals surface area (Å²) in [4.78, 5) is 1.94. The normalized spacial score (nSPS) is 12.2. The van der Waals surface area contributed by atoms with Crippen molar-refractivity contribution in [3.8, 4) is 5.75 Å². The first-order chi connectivity index (χ1) is 8.99.